The van der Waals surface area contributed by atoms with Crippen LogP contribution in [0.3, 0.4) is 0 Å². The maximum Gasteiger partial charge on any atom is 0.142 e. The molecule has 2 nitrogen and oxygen atoms in total. The van der Waals surface area contributed by atoms with E-state index in [1.54, 1.807) is 6.07 Å². The van der Waals surface area contributed by atoms with Gasteiger partial charge in [0.05, 0.1) is 10.5 Å². The number of hydrogen-bond acceptors (Lipinski definition) is 2. The van der Waals surface area contributed by atoms with Crippen LogP contribution >= 0.6 is 15.9 Å². The summed E-state index contributed by atoms with van der Waals surface area (Å²) in [6.45, 7) is 6.64. The van der Waals surface area contributed by atoms with E-state index < -0.39 is 0 Å². The zero-order chi connectivity index (χ0) is 15.5. The van der Waals surface area contributed by atoms with Gasteiger partial charge in [0, 0.05) is 11.1 Å². The fraction of sp³-hybridized carbons (Fsp3) is 0.647. The van der Waals surface area contributed by atoms with Crippen molar-refractivity contribution in [3.63, 3.8) is 0 Å². The predicted molar refractivity (Wildman–Crippen MR) is 90.0 cm³/mol. The van der Waals surface area contributed by atoms with E-state index in [2.05, 4.69) is 40.0 Å². The first-order valence-electron chi connectivity index (χ1n) is 7.84. The summed E-state index contributed by atoms with van der Waals surface area (Å²) in [6, 6.07) is 5.52. The van der Waals surface area contributed by atoms with Gasteiger partial charge in [0.1, 0.15) is 5.82 Å². The molecule has 0 amide bonds. The second kappa shape index (κ2) is 7.21. The third kappa shape index (κ3) is 3.66. The quantitative estimate of drug-likeness (QED) is 0.853. The Morgan fingerprint density at radius 1 is 1.19 bits per heavy atom. The van der Waals surface area contributed by atoms with Gasteiger partial charge in [0.25, 0.3) is 0 Å². The van der Waals surface area contributed by atoms with Gasteiger partial charge in [0.2, 0.25) is 0 Å². The van der Waals surface area contributed by atoms with Crippen LogP contribution in [0.1, 0.15) is 51.1 Å². The van der Waals surface area contributed by atoms with Crippen molar-refractivity contribution in [2.24, 2.45) is 0 Å². The molecule has 0 bridgehead atoms. The molecular formula is C17H26BrFN2. The Labute approximate surface area is 136 Å². The van der Waals surface area contributed by atoms with Crippen molar-refractivity contribution in [3.8, 4) is 0 Å². The average molecular weight is 357 g/mol. The minimum absolute atomic E-state index is 0.0342. The number of likely N-dealkylation sites (N-methyl/N-ethyl adjacent to an activating group) is 1. The summed E-state index contributed by atoms with van der Waals surface area (Å²) < 4.78 is 15.0. The van der Waals surface area contributed by atoms with Gasteiger partial charge in [-0.2, -0.15) is 0 Å². The lowest BCUT2D eigenvalue weighted by atomic mass is 9.86. The Kier molecular flexibility index (Phi) is 5.81. The monoisotopic (exact) mass is 356 g/mol. The molecule has 1 saturated heterocycles. The molecule has 2 rings (SSSR count). The third-order valence-electron chi connectivity index (χ3n) is 4.71. The lowest BCUT2D eigenvalue weighted by Crippen LogP contribution is -2.52. The number of halogens is 2. The second-order valence-electron chi connectivity index (χ2n) is 6.42. The fourth-order valence-corrected chi connectivity index (χ4v) is 3.84. The molecule has 1 atom stereocenters. The van der Waals surface area contributed by atoms with Gasteiger partial charge in [-0.1, -0.05) is 25.0 Å². The number of hydrogen-bond donors (Lipinski definition) is 1. The Balaban J connectivity index is 2.31. The van der Waals surface area contributed by atoms with Crippen molar-refractivity contribution >= 4 is 15.9 Å². The van der Waals surface area contributed by atoms with E-state index in [0.717, 1.165) is 18.7 Å². The molecular weight excluding hydrogens is 331 g/mol. The van der Waals surface area contributed by atoms with Gasteiger partial charge in [-0.15, -0.1) is 0 Å². The van der Waals surface area contributed by atoms with Crippen LogP contribution in [0.2, 0.25) is 0 Å². The third-order valence-corrected chi connectivity index (χ3v) is 5.32. The van der Waals surface area contributed by atoms with Crippen molar-refractivity contribution < 1.29 is 4.39 Å². The molecule has 0 radical (unpaired) electrons. The van der Waals surface area contributed by atoms with E-state index in [1.165, 1.54) is 25.7 Å². The summed E-state index contributed by atoms with van der Waals surface area (Å²) >= 11 is 3.30. The van der Waals surface area contributed by atoms with E-state index in [1.807, 2.05) is 19.2 Å². The summed E-state index contributed by atoms with van der Waals surface area (Å²) in [5.74, 6) is -0.153. The van der Waals surface area contributed by atoms with Crippen LogP contribution in [-0.2, 0) is 0 Å². The number of nitrogens with one attached hydrogen (secondary N) is 1. The summed E-state index contributed by atoms with van der Waals surface area (Å²) in [6.07, 6.45) is 5.09. The van der Waals surface area contributed by atoms with Gasteiger partial charge in [-0.25, -0.2) is 4.39 Å². The van der Waals surface area contributed by atoms with Gasteiger partial charge in [-0.05, 0) is 68.8 Å². The van der Waals surface area contributed by atoms with E-state index in [4.69, 9.17) is 0 Å². The minimum atomic E-state index is -0.153. The van der Waals surface area contributed by atoms with Crippen LogP contribution in [0.15, 0.2) is 22.7 Å². The average Bonchev–Trinajstić information content (AvgIpc) is 2.73. The topological polar surface area (TPSA) is 15.3 Å². The number of likely N-dealkylation sites (tertiary alicyclic amines) is 1. The Hall–Kier alpha value is -0.450. The predicted octanol–water partition coefficient (Wildman–Crippen LogP) is 4.50. The summed E-state index contributed by atoms with van der Waals surface area (Å²) in [7, 11) is 1.92. The highest BCUT2D eigenvalue weighted by Crippen LogP contribution is 2.35. The SMILES string of the molecule is CNC(c1cccc(Br)c1F)C(C)(C)N1CCCCCC1. The normalized spacial score (nSPS) is 19.3. The van der Waals surface area contributed by atoms with Crippen LogP contribution in [0.25, 0.3) is 0 Å². The van der Waals surface area contributed by atoms with Crippen LogP contribution < -0.4 is 5.32 Å². The molecule has 1 N–H and O–H groups in total. The van der Waals surface area contributed by atoms with E-state index >= 15 is 0 Å². The van der Waals surface area contributed by atoms with E-state index in [0.29, 0.717) is 4.47 Å². The number of rotatable bonds is 4. The van der Waals surface area contributed by atoms with Gasteiger partial charge in [-0.3, -0.25) is 4.90 Å². The molecule has 118 valence electrons. The molecule has 21 heavy (non-hydrogen) atoms. The van der Waals surface area contributed by atoms with Crippen molar-refractivity contribution in [2.75, 3.05) is 20.1 Å². The van der Waals surface area contributed by atoms with Crippen LogP contribution in [0, 0.1) is 5.82 Å². The van der Waals surface area contributed by atoms with Crippen molar-refractivity contribution in [2.45, 2.75) is 51.1 Å². The van der Waals surface area contributed by atoms with Gasteiger partial charge >= 0.3 is 0 Å². The lowest BCUT2D eigenvalue weighted by molar-refractivity contribution is 0.0850. The Morgan fingerprint density at radius 3 is 2.38 bits per heavy atom. The molecule has 1 aliphatic rings. The Morgan fingerprint density at radius 2 is 1.81 bits per heavy atom. The molecule has 0 aromatic heterocycles. The highest BCUT2D eigenvalue weighted by Gasteiger charge is 2.37. The highest BCUT2D eigenvalue weighted by atomic mass is 79.9. The molecule has 1 aliphatic heterocycles. The van der Waals surface area contributed by atoms with Gasteiger partial charge in [0.15, 0.2) is 0 Å². The molecule has 1 heterocycles. The summed E-state index contributed by atoms with van der Waals surface area (Å²) in [5.41, 5.74) is 0.613. The van der Waals surface area contributed by atoms with Crippen LogP contribution in [0.5, 0.6) is 0 Å². The maximum absolute atomic E-state index is 14.5. The standard InChI is InChI=1S/C17H26BrFN2/c1-17(2,21-11-6-4-5-7-12-21)16(20-3)13-9-8-10-14(18)15(13)19/h8-10,16,20H,4-7,11-12H2,1-3H3. The van der Waals surface area contributed by atoms with E-state index in [9.17, 15) is 4.39 Å². The minimum Gasteiger partial charge on any atom is -0.311 e. The Bertz CT molecular complexity index is 468. The summed E-state index contributed by atoms with van der Waals surface area (Å²) in [4.78, 5) is 2.52. The van der Waals surface area contributed by atoms with Gasteiger partial charge < -0.3 is 5.32 Å². The highest BCUT2D eigenvalue weighted by molar-refractivity contribution is 9.10. The van der Waals surface area contributed by atoms with Crippen LogP contribution in [-0.4, -0.2) is 30.6 Å². The van der Waals surface area contributed by atoms with Crippen molar-refractivity contribution in [1.29, 1.82) is 0 Å². The number of benzene rings is 1. The van der Waals surface area contributed by atoms with Crippen molar-refractivity contribution in [1.82, 2.24) is 10.2 Å². The smallest absolute Gasteiger partial charge is 0.142 e. The molecule has 0 aliphatic carbocycles. The zero-order valence-electron chi connectivity index (χ0n) is 13.3. The molecule has 1 fully saturated rings. The maximum atomic E-state index is 14.5. The molecule has 0 saturated carbocycles. The molecule has 0 spiro atoms. The lowest BCUT2D eigenvalue weighted by Gasteiger charge is -2.44. The molecule has 1 unspecified atom stereocenters. The van der Waals surface area contributed by atoms with Crippen molar-refractivity contribution in [3.05, 3.63) is 34.1 Å². The largest absolute Gasteiger partial charge is 0.311 e. The first-order chi connectivity index (χ1) is 9.98. The fourth-order valence-electron chi connectivity index (χ4n) is 3.46. The first-order valence-corrected chi connectivity index (χ1v) is 8.64. The van der Waals surface area contributed by atoms with E-state index in [-0.39, 0.29) is 17.4 Å². The first kappa shape index (κ1) is 16.9. The number of nitrogens with zero attached hydrogens (tertiary/aromatic N) is 1. The summed E-state index contributed by atoms with van der Waals surface area (Å²) in [5, 5.41) is 3.34. The second-order valence-corrected chi connectivity index (χ2v) is 7.27. The molecule has 1 aromatic rings. The molecule has 4 heteroatoms. The van der Waals surface area contributed by atoms with Crippen LogP contribution in [0.4, 0.5) is 4.39 Å². The molecule has 1 aromatic carbocycles. The zero-order valence-corrected chi connectivity index (χ0v) is 14.8.